The molecule has 5 atom stereocenters. The van der Waals surface area contributed by atoms with Crippen molar-refractivity contribution in [2.75, 3.05) is 20.1 Å². The van der Waals surface area contributed by atoms with Gasteiger partial charge in [-0.05, 0) is 75.3 Å². The van der Waals surface area contributed by atoms with Gasteiger partial charge in [0, 0.05) is 18.6 Å². The molecular weight excluding hydrogens is 256 g/mol. The molecule has 122 valence electrons. The average molecular weight is 293 g/mol. The van der Waals surface area contributed by atoms with Crippen LogP contribution in [0.2, 0.25) is 0 Å². The van der Waals surface area contributed by atoms with E-state index in [0.717, 1.165) is 23.8 Å². The van der Waals surface area contributed by atoms with Gasteiger partial charge in [0.25, 0.3) is 0 Å². The van der Waals surface area contributed by atoms with Crippen LogP contribution in [0.3, 0.4) is 0 Å². The van der Waals surface area contributed by atoms with Gasteiger partial charge in [0.1, 0.15) is 0 Å². The Hall–Kier alpha value is -0.0800. The number of nitrogens with zero attached hydrogens (tertiary/aromatic N) is 1. The first kappa shape index (κ1) is 15.8. The zero-order valence-electron chi connectivity index (χ0n) is 14.7. The second-order valence-corrected chi connectivity index (χ2v) is 8.90. The normalized spacial score (nSPS) is 41.3. The average Bonchev–Trinajstić information content (AvgIpc) is 3.10. The van der Waals surface area contributed by atoms with Crippen LogP contribution in [-0.4, -0.2) is 37.1 Å². The van der Waals surface area contributed by atoms with Gasteiger partial charge in [-0.2, -0.15) is 0 Å². The Balaban J connectivity index is 1.59. The third-order valence-electron chi connectivity index (χ3n) is 6.90. The summed E-state index contributed by atoms with van der Waals surface area (Å²) in [5.74, 6) is 3.15. The number of fused-ring (bicyclic) bond motifs is 2. The predicted octanol–water partition coefficient (Wildman–Crippen LogP) is 3.91. The van der Waals surface area contributed by atoms with Crippen molar-refractivity contribution in [3.05, 3.63) is 0 Å². The summed E-state index contributed by atoms with van der Waals surface area (Å²) in [4.78, 5) is 2.73. The second-order valence-electron chi connectivity index (χ2n) is 8.90. The third-order valence-corrected chi connectivity index (χ3v) is 6.90. The van der Waals surface area contributed by atoms with E-state index in [0.29, 0.717) is 11.5 Å². The monoisotopic (exact) mass is 292 g/mol. The highest BCUT2D eigenvalue weighted by Crippen LogP contribution is 2.49. The molecule has 1 N–H and O–H groups in total. The Bertz CT molecular complexity index is 351. The molecule has 3 saturated carbocycles. The number of hydrogen-bond acceptors (Lipinski definition) is 2. The van der Waals surface area contributed by atoms with Gasteiger partial charge in [0.2, 0.25) is 0 Å². The summed E-state index contributed by atoms with van der Waals surface area (Å²) in [5, 5.41) is 3.87. The van der Waals surface area contributed by atoms with Gasteiger partial charge in [-0.15, -0.1) is 0 Å². The van der Waals surface area contributed by atoms with Crippen LogP contribution in [0.15, 0.2) is 0 Å². The van der Waals surface area contributed by atoms with E-state index in [4.69, 9.17) is 0 Å². The number of hydrogen-bond donors (Lipinski definition) is 1. The summed E-state index contributed by atoms with van der Waals surface area (Å²) in [6.45, 7) is 9.74. The van der Waals surface area contributed by atoms with Crippen molar-refractivity contribution in [3.63, 3.8) is 0 Å². The molecule has 0 radical (unpaired) electrons. The highest BCUT2D eigenvalue weighted by Gasteiger charge is 2.45. The van der Waals surface area contributed by atoms with Gasteiger partial charge in [-0.3, -0.25) is 0 Å². The summed E-state index contributed by atoms with van der Waals surface area (Å²) >= 11 is 0. The highest BCUT2D eigenvalue weighted by molar-refractivity contribution is 5.01. The number of rotatable bonds is 6. The Kier molecular flexibility index (Phi) is 4.66. The van der Waals surface area contributed by atoms with Crippen LogP contribution in [0.1, 0.15) is 65.7 Å². The van der Waals surface area contributed by atoms with E-state index in [-0.39, 0.29) is 0 Å². The molecule has 3 aliphatic carbocycles. The van der Waals surface area contributed by atoms with Crippen LogP contribution in [0, 0.1) is 23.2 Å². The largest absolute Gasteiger partial charge is 0.312 e. The van der Waals surface area contributed by atoms with Crippen molar-refractivity contribution in [2.24, 2.45) is 23.2 Å². The van der Waals surface area contributed by atoms with Gasteiger partial charge >= 0.3 is 0 Å². The summed E-state index contributed by atoms with van der Waals surface area (Å²) < 4.78 is 0. The molecule has 2 heteroatoms. The Morgan fingerprint density at radius 3 is 2.57 bits per heavy atom. The molecule has 0 aliphatic heterocycles. The maximum absolute atomic E-state index is 3.87. The first-order chi connectivity index (χ1) is 10.0. The topological polar surface area (TPSA) is 15.3 Å². The quantitative estimate of drug-likeness (QED) is 0.798. The van der Waals surface area contributed by atoms with Gasteiger partial charge in [0.05, 0.1) is 0 Å². The molecule has 0 spiro atoms. The zero-order chi connectivity index (χ0) is 15.0. The van der Waals surface area contributed by atoms with Crippen LogP contribution in [0.4, 0.5) is 0 Å². The van der Waals surface area contributed by atoms with Crippen molar-refractivity contribution in [2.45, 2.75) is 77.8 Å². The molecule has 21 heavy (non-hydrogen) atoms. The molecule has 0 saturated heterocycles. The summed E-state index contributed by atoms with van der Waals surface area (Å²) in [6, 6.07) is 1.44. The van der Waals surface area contributed by atoms with E-state index in [9.17, 15) is 0 Å². The molecular formula is C19H36N2. The first-order valence-corrected chi connectivity index (χ1v) is 9.45. The zero-order valence-corrected chi connectivity index (χ0v) is 14.7. The van der Waals surface area contributed by atoms with Crippen LogP contribution in [-0.2, 0) is 0 Å². The third kappa shape index (κ3) is 3.17. The summed E-state index contributed by atoms with van der Waals surface area (Å²) in [7, 11) is 2.40. The maximum Gasteiger partial charge on any atom is 0.0274 e. The molecule has 0 amide bonds. The van der Waals surface area contributed by atoms with Gasteiger partial charge in [-0.25, -0.2) is 0 Å². The molecule has 3 aliphatic rings. The van der Waals surface area contributed by atoms with Crippen molar-refractivity contribution in [1.29, 1.82) is 0 Å². The van der Waals surface area contributed by atoms with Crippen molar-refractivity contribution >= 4 is 0 Å². The molecule has 2 nitrogen and oxygen atoms in total. The lowest BCUT2D eigenvalue weighted by Crippen LogP contribution is -2.52. The molecule has 0 aromatic heterocycles. The Morgan fingerprint density at radius 2 is 1.95 bits per heavy atom. The van der Waals surface area contributed by atoms with Crippen molar-refractivity contribution in [3.8, 4) is 0 Å². The highest BCUT2D eigenvalue weighted by atomic mass is 15.2. The van der Waals surface area contributed by atoms with Crippen LogP contribution in [0.25, 0.3) is 0 Å². The van der Waals surface area contributed by atoms with E-state index in [1.807, 2.05) is 0 Å². The fraction of sp³-hybridized carbons (Fsp3) is 1.00. The van der Waals surface area contributed by atoms with Crippen LogP contribution >= 0.6 is 0 Å². The van der Waals surface area contributed by atoms with Gasteiger partial charge < -0.3 is 10.2 Å². The van der Waals surface area contributed by atoms with Gasteiger partial charge in [0.15, 0.2) is 0 Å². The van der Waals surface area contributed by atoms with Gasteiger partial charge in [-0.1, -0.05) is 27.2 Å². The summed E-state index contributed by atoms with van der Waals surface area (Å²) in [5.41, 5.74) is 0.461. The standard InChI is InChI=1S/C19H36N2/c1-5-10-20-18-17(8-9-19(18,2)3)21(4)13-16-12-14-6-7-15(16)11-14/h14-18,20H,5-13H2,1-4H3. The van der Waals surface area contributed by atoms with E-state index in [2.05, 4.69) is 38.0 Å². The lowest BCUT2D eigenvalue weighted by Gasteiger charge is -2.38. The Labute approximate surface area is 132 Å². The van der Waals surface area contributed by atoms with Crippen molar-refractivity contribution in [1.82, 2.24) is 10.2 Å². The van der Waals surface area contributed by atoms with Crippen molar-refractivity contribution < 1.29 is 0 Å². The minimum atomic E-state index is 0.461. The number of likely N-dealkylation sites (N-methyl/N-ethyl adjacent to an activating group) is 1. The molecule has 0 aromatic rings. The molecule has 3 rings (SSSR count). The predicted molar refractivity (Wildman–Crippen MR) is 90.5 cm³/mol. The second kappa shape index (κ2) is 6.20. The van der Waals surface area contributed by atoms with E-state index < -0.39 is 0 Å². The minimum absolute atomic E-state index is 0.461. The van der Waals surface area contributed by atoms with Crippen LogP contribution < -0.4 is 5.32 Å². The van der Waals surface area contributed by atoms with Crippen LogP contribution in [0.5, 0.6) is 0 Å². The molecule has 0 heterocycles. The smallest absolute Gasteiger partial charge is 0.0274 e. The van der Waals surface area contributed by atoms with E-state index >= 15 is 0 Å². The van der Waals surface area contributed by atoms with E-state index in [1.54, 1.807) is 6.42 Å². The first-order valence-electron chi connectivity index (χ1n) is 9.45. The lowest BCUT2D eigenvalue weighted by molar-refractivity contribution is 0.135. The fourth-order valence-electron chi connectivity index (χ4n) is 5.66. The Morgan fingerprint density at radius 1 is 1.14 bits per heavy atom. The minimum Gasteiger partial charge on any atom is -0.312 e. The molecule has 0 aromatic carbocycles. The number of nitrogens with one attached hydrogen (secondary N) is 1. The lowest BCUT2D eigenvalue weighted by atomic mass is 9.85. The fourth-order valence-corrected chi connectivity index (χ4v) is 5.66. The van der Waals surface area contributed by atoms with E-state index in [1.165, 1.54) is 51.6 Å². The molecule has 2 bridgehead atoms. The molecule has 5 unspecified atom stereocenters. The summed E-state index contributed by atoms with van der Waals surface area (Å²) in [6.07, 6.45) is 10.1. The maximum atomic E-state index is 3.87. The molecule has 3 fully saturated rings. The SMILES string of the molecule is CCCNC1C(N(C)CC2CC3CCC2C3)CCC1(C)C.